The highest BCUT2D eigenvalue weighted by molar-refractivity contribution is 5.76. The number of hydrogen-bond donors (Lipinski definition) is 3. The van der Waals surface area contributed by atoms with Crippen LogP contribution in [0.15, 0.2) is 4.99 Å². The van der Waals surface area contributed by atoms with Gasteiger partial charge < -0.3 is 25.0 Å². The number of aliphatic imine (C=N–C) groups is 1. The van der Waals surface area contributed by atoms with Gasteiger partial charge in [-0.15, -0.1) is 0 Å². The lowest BCUT2D eigenvalue weighted by atomic mass is 9.80. The van der Waals surface area contributed by atoms with Crippen molar-refractivity contribution < 1.29 is 20.1 Å². The molecule has 2 aliphatic carbocycles. The lowest BCUT2D eigenvalue weighted by Gasteiger charge is -2.37. The molecule has 1 heterocycles. The summed E-state index contributed by atoms with van der Waals surface area (Å²) in [5, 5.41) is 29.5. The molecule has 2 saturated carbocycles. The molecule has 0 aromatic carbocycles. The molecule has 3 N–H and O–H groups in total. The molecule has 2 fully saturated rings. The summed E-state index contributed by atoms with van der Waals surface area (Å²) in [6.45, 7) is 3.72. The van der Waals surface area contributed by atoms with Crippen LogP contribution in [0.1, 0.15) is 32.6 Å². The summed E-state index contributed by atoms with van der Waals surface area (Å²) in [5.41, 5.74) is 0. The van der Waals surface area contributed by atoms with Gasteiger partial charge in [-0.2, -0.15) is 0 Å². The highest BCUT2D eigenvalue weighted by Crippen LogP contribution is 2.34. The number of hydrogen-bond acceptors (Lipinski definition) is 6. The molecule has 3 aliphatic rings. The third kappa shape index (κ3) is 2.76. The van der Waals surface area contributed by atoms with Crippen LogP contribution in [0.3, 0.4) is 0 Å². The molecule has 0 aromatic rings. The maximum Gasteiger partial charge on any atom is 0.288 e. The number of amidine groups is 1. The average molecular weight is 298 g/mol. The zero-order valence-electron chi connectivity index (χ0n) is 12.6. The summed E-state index contributed by atoms with van der Waals surface area (Å²) in [7, 11) is 0. The molecule has 21 heavy (non-hydrogen) atoms. The molecule has 0 saturated heterocycles. The minimum atomic E-state index is -0.958. The predicted molar refractivity (Wildman–Crippen MR) is 77.9 cm³/mol. The molecule has 6 heteroatoms. The number of fused-ring (bicyclic) bond motifs is 1. The van der Waals surface area contributed by atoms with Gasteiger partial charge in [0.05, 0.1) is 6.10 Å². The average Bonchev–Trinajstić information content (AvgIpc) is 2.86. The fourth-order valence-electron chi connectivity index (χ4n) is 3.52. The Morgan fingerprint density at radius 3 is 2.62 bits per heavy atom. The van der Waals surface area contributed by atoms with E-state index < -0.39 is 18.2 Å². The molecule has 3 rings (SSSR count). The third-order valence-corrected chi connectivity index (χ3v) is 5.21. The smallest absolute Gasteiger partial charge is 0.288 e. The van der Waals surface area contributed by atoms with E-state index in [1.54, 1.807) is 0 Å². The van der Waals surface area contributed by atoms with Crippen LogP contribution in [0.4, 0.5) is 0 Å². The number of nitrogens with zero attached hydrogens (tertiary/aromatic N) is 2. The molecule has 120 valence electrons. The first-order valence-corrected chi connectivity index (χ1v) is 8.10. The normalized spacial score (nSPS) is 39.2. The predicted octanol–water partition coefficient (Wildman–Crippen LogP) is -0.0342. The van der Waals surface area contributed by atoms with Crippen LogP contribution < -0.4 is 0 Å². The summed E-state index contributed by atoms with van der Waals surface area (Å²) in [4.78, 5) is 6.66. The summed E-state index contributed by atoms with van der Waals surface area (Å²) in [6.07, 6.45) is 2.27. The van der Waals surface area contributed by atoms with E-state index in [1.165, 1.54) is 19.3 Å². The monoisotopic (exact) mass is 298 g/mol. The van der Waals surface area contributed by atoms with E-state index >= 15 is 0 Å². The Morgan fingerprint density at radius 1 is 1.29 bits per heavy atom. The zero-order valence-corrected chi connectivity index (χ0v) is 12.6. The Kier molecular flexibility index (Phi) is 4.38. The summed E-state index contributed by atoms with van der Waals surface area (Å²) < 4.78 is 5.93. The maximum absolute atomic E-state index is 10.2. The summed E-state index contributed by atoms with van der Waals surface area (Å²) in [5.74, 6) is 0.386. The van der Waals surface area contributed by atoms with Crippen molar-refractivity contribution in [3.05, 3.63) is 0 Å². The van der Waals surface area contributed by atoms with Crippen LogP contribution in [0, 0.1) is 11.8 Å². The Balaban J connectivity index is 1.68. The van der Waals surface area contributed by atoms with Gasteiger partial charge in [0.25, 0.3) is 6.02 Å². The van der Waals surface area contributed by atoms with Gasteiger partial charge in [-0.1, -0.05) is 6.42 Å². The molecule has 6 nitrogen and oxygen atoms in total. The van der Waals surface area contributed by atoms with E-state index in [1.807, 2.05) is 0 Å². The van der Waals surface area contributed by atoms with Gasteiger partial charge >= 0.3 is 0 Å². The number of ether oxygens (including phenoxy) is 1. The van der Waals surface area contributed by atoms with Crippen molar-refractivity contribution >= 4 is 6.02 Å². The van der Waals surface area contributed by atoms with Crippen LogP contribution in [0.25, 0.3) is 0 Å². The van der Waals surface area contributed by atoms with Gasteiger partial charge in [-0.3, -0.25) is 0 Å². The SMILES string of the molecule is CCN(CC1CCC1)C1=NC2C(CC(CO)C(O)C2O)O1. The highest BCUT2D eigenvalue weighted by atomic mass is 16.5. The van der Waals surface area contributed by atoms with Crippen LogP contribution in [-0.4, -0.2) is 70.3 Å². The van der Waals surface area contributed by atoms with Gasteiger partial charge in [0, 0.05) is 25.6 Å². The second-order valence-corrected chi connectivity index (χ2v) is 6.55. The van der Waals surface area contributed by atoms with E-state index in [0.29, 0.717) is 12.4 Å². The number of rotatable bonds is 4. The highest BCUT2D eigenvalue weighted by Gasteiger charge is 2.48. The molecule has 5 unspecified atom stereocenters. The maximum atomic E-state index is 10.2. The fourth-order valence-corrected chi connectivity index (χ4v) is 3.52. The lowest BCUT2D eigenvalue weighted by Crippen LogP contribution is -2.52. The lowest BCUT2D eigenvalue weighted by molar-refractivity contribution is -0.0956. The molecular formula is C15H26N2O4. The second-order valence-electron chi connectivity index (χ2n) is 6.55. The first kappa shape index (κ1) is 15.1. The fraction of sp³-hybridized carbons (Fsp3) is 0.933. The second kappa shape index (κ2) is 6.10. The minimum Gasteiger partial charge on any atom is -0.459 e. The van der Waals surface area contributed by atoms with Crippen molar-refractivity contribution in [2.45, 2.75) is 57.0 Å². The molecule has 0 radical (unpaired) electrons. The van der Waals surface area contributed by atoms with Crippen molar-refractivity contribution in [3.63, 3.8) is 0 Å². The first-order valence-electron chi connectivity index (χ1n) is 8.10. The van der Waals surface area contributed by atoms with Crippen molar-refractivity contribution in [1.29, 1.82) is 0 Å². The van der Waals surface area contributed by atoms with E-state index in [0.717, 1.165) is 19.0 Å². The van der Waals surface area contributed by atoms with Gasteiger partial charge in [0.1, 0.15) is 18.2 Å². The Hall–Kier alpha value is -0.850. The Morgan fingerprint density at radius 2 is 2.05 bits per heavy atom. The van der Waals surface area contributed by atoms with Crippen LogP contribution >= 0.6 is 0 Å². The molecule has 1 aliphatic heterocycles. The summed E-state index contributed by atoms with van der Waals surface area (Å²) >= 11 is 0. The van der Waals surface area contributed by atoms with E-state index in [2.05, 4.69) is 16.8 Å². The van der Waals surface area contributed by atoms with Crippen molar-refractivity contribution in [3.8, 4) is 0 Å². The van der Waals surface area contributed by atoms with Gasteiger partial charge in [-0.25, -0.2) is 4.99 Å². The van der Waals surface area contributed by atoms with Gasteiger partial charge in [0.2, 0.25) is 0 Å². The first-order chi connectivity index (χ1) is 10.1. The van der Waals surface area contributed by atoms with Crippen LogP contribution in [0.2, 0.25) is 0 Å². The molecule has 0 amide bonds. The standard InChI is InChI=1S/C15H26N2O4/c1-2-17(7-9-4-3-5-9)15-16-12-11(21-15)6-10(8-18)13(19)14(12)20/h9-14,18-20H,2-8H2,1H3. The molecule has 0 aromatic heterocycles. The van der Waals surface area contributed by atoms with E-state index in [-0.39, 0.29) is 18.6 Å². The van der Waals surface area contributed by atoms with Gasteiger partial charge in [0.15, 0.2) is 0 Å². The zero-order chi connectivity index (χ0) is 15.0. The number of aliphatic hydroxyl groups excluding tert-OH is 3. The van der Waals surface area contributed by atoms with E-state index in [4.69, 9.17) is 4.74 Å². The quantitative estimate of drug-likeness (QED) is 0.678. The topological polar surface area (TPSA) is 85.5 Å². The largest absolute Gasteiger partial charge is 0.459 e. The molecular weight excluding hydrogens is 272 g/mol. The Bertz CT molecular complexity index is 399. The molecule has 0 bridgehead atoms. The van der Waals surface area contributed by atoms with E-state index in [9.17, 15) is 15.3 Å². The minimum absolute atomic E-state index is 0.139. The van der Waals surface area contributed by atoms with Gasteiger partial charge in [-0.05, 0) is 32.1 Å². The van der Waals surface area contributed by atoms with Crippen LogP contribution in [0.5, 0.6) is 0 Å². The van der Waals surface area contributed by atoms with Crippen molar-refractivity contribution in [2.75, 3.05) is 19.7 Å². The molecule has 5 atom stereocenters. The third-order valence-electron chi connectivity index (χ3n) is 5.21. The Labute approximate surface area is 125 Å². The van der Waals surface area contributed by atoms with Crippen molar-refractivity contribution in [1.82, 2.24) is 4.90 Å². The molecule has 0 spiro atoms. The van der Waals surface area contributed by atoms with Crippen molar-refractivity contribution in [2.24, 2.45) is 16.8 Å². The summed E-state index contributed by atoms with van der Waals surface area (Å²) in [6, 6.07) is 0.192. The van der Waals surface area contributed by atoms with Crippen LogP contribution in [-0.2, 0) is 4.74 Å². The number of aliphatic hydroxyl groups is 3.